The lowest BCUT2D eigenvalue weighted by Crippen LogP contribution is -2.05. The molecule has 15 heavy (non-hydrogen) atoms. The van der Waals surface area contributed by atoms with Crippen LogP contribution in [0.5, 0.6) is 0 Å². The van der Waals surface area contributed by atoms with Crippen molar-refractivity contribution in [2.45, 2.75) is 0 Å². The first kappa shape index (κ1) is 9.39. The van der Waals surface area contributed by atoms with Crippen molar-refractivity contribution < 1.29 is 4.79 Å². The van der Waals surface area contributed by atoms with Gasteiger partial charge in [0.2, 0.25) is 5.91 Å². The van der Waals surface area contributed by atoms with E-state index in [2.05, 4.69) is 9.97 Å². The Kier molecular flexibility index (Phi) is 2.21. The lowest BCUT2D eigenvalue weighted by Gasteiger charge is -1.90. The summed E-state index contributed by atoms with van der Waals surface area (Å²) in [6.45, 7) is 0. The highest BCUT2D eigenvalue weighted by Crippen LogP contribution is 2.16. The molecule has 2 N–H and O–H groups in total. The second-order valence-corrected chi connectivity index (χ2v) is 3.16. The summed E-state index contributed by atoms with van der Waals surface area (Å²) in [6.07, 6.45) is 8.04. The maximum Gasteiger partial charge on any atom is 0.241 e. The topological polar surface area (TPSA) is 73.8 Å². The fraction of sp³-hybridized carbons (Fsp3) is 0.100. The molecule has 0 atom stereocenters. The van der Waals surface area contributed by atoms with Gasteiger partial charge in [0, 0.05) is 37.3 Å². The summed E-state index contributed by atoms with van der Waals surface area (Å²) in [4.78, 5) is 19.0. The molecule has 0 fully saturated rings. The van der Waals surface area contributed by atoms with Crippen LogP contribution >= 0.6 is 0 Å². The van der Waals surface area contributed by atoms with Crippen LogP contribution < -0.4 is 5.73 Å². The van der Waals surface area contributed by atoms with Crippen molar-refractivity contribution in [1.82, 2.24) is 14.5 Å². The molecule has 0 unspecified atom stereocenters. The normalized spacial score (nSPS) is 11.3. The Balaban J connectivity index is 2.57. The summed E-state index contributed by atoms with van der Waals surface area (Å²) in [7, 11) is 1.87. The summed E-state index contributed by atoms with van der Waals surface area (Å²) < 4.78 is 1.85. The van der Waals surface area contributed by atoms with E-state index < -0.39 is 5.91 Å². The Bertz CT molecular complexity index is 541. The monoisotopic (exact) mass is 202 g/mol. The Morgan fingerprint density at radius 2 is 2.20 bits per heavy atom. The van der Waals surface area contributed by atoms with E-state index in [1.165, 1.54) is 6.08 Å². The first-order valence-corrected chi connectivity index (χ1v) is 4.42. The summed E-state index contributed by atoms with van der Waals surface area (Å²) >= 11 is 0. The summed E-state index contributed by atoms with van der Waals surface area (Å²) in [5.41, 5.74) is 7.40. The number of nitrogens with zero attached hydrogens (tertiary/aromatic N) is 3. The van der Waals surface area contributed by atoms with Gasteiger partial charge in [0.1, 0.15) is 5.52 Å². The number of rotatable bonds is 2. The molecule has 2 rings (SSSR count). The van der Waals surface area contributed by atoms with Gasteiger partial charge in [-0.3, -0.25) is 9.78 Å². The van der Waals surface area contributed by atoms with Crippen LogP contribution in [0, 0.1) is 0 Å². The number of carbonyl (C=O) groups is 1. The maximum atomic E-state index is 10.6. The van der Waals surface area contributed by atoms with Crippen molar-refractivity contribution in [3.63, 3.8) is 0 Å². The molecular weight excluding hydrogens is 192 g/mol. The van der Waals surface area contributed by atoms with Crippen molar-refractivity contribution in [2.24, 2.45) is 12.8 Å². The maximum absolute atomic E-state index is 10.6. The summed E-state index contributed by atoms with van der Waals surface area (Å²) in [5.74, 6) is -0.476. The van der Waals surface area contributed by atoms with E-state index in [1.54, 1.807) is 18.5 Å². The Labute approximate surface area is 86.2 Å². The number of primary amides is 1. The molecule has 1 amide bonds. The highest BCUT2D eigenvalue weighted by Gasteiger charge is 2.05. The molecule has 0 radical (unpaired) electrons. The second-order valence-electron chi connectivity index (χ2n) is 3.16. The van der Waals surface area contributed by atoms with Crippen molar-refractivity contribution in [3.8, 4) is 0 Å². The van der Waals surface area contributed by atoms with E-state index in [1.807, 2.05) is 17.8 Å². The molecule has 0 aliphatic heterocycles. The molecule has 0 saturated carbocycles. The van der Waals surface area contributed by atoms with Gasteiger partial charge in [0.25, 0.3) is 0 Å². The fourth-order valence-corrected chi connectivity index (χ4v) is 1.42. The molecule has 0 bridgehead atoms. The van der Waals surface area contributed by atoms with E-state index in [4.69, 9.17) is 5.73 Å². The van der Waals surface area contributed by atoms with Crippen LogP contribution in [0.4, 0.5) is 0 Å². The third-order valence-corrected chi connectivity index (χ3v) is 2.05. The average Bonchev–Trinajstić information content (AvgIpc) is 2.54. The van der Waals surface area contributed by atoms with Crippen LogP contribution in [0.1, 0.15) is 5.56 Å². The Hall–Kier alpha value is -2.17. The van der Waals surface area contributed by atoms with E-state index in [-0.39, 0.29) is 0 Å². The number of nitrogens with two attached hydrogens (primary N) is 1. The van der Waals surface area contributed by atoms with E-state index >= 15 is 0 Å². The minimum Gasteiger partial charge on any atom is -0.366 e. The van der Waals surface area contributed by atoms with Crippen LogP contribution in [0.3, 0.4) is 0 Å². The van der Waals surface area contributed by atoms with E-state index in [0.717, 1.165) is 16.7 Å². The van der Waals surface area contributed by atoms with Crippen LogP contribution in [0.25, 0.3) is 17.2 Å². The van der Waals surface area contributed by atoms with Crippen molar-refractivity contribution in [1.29, 1.82) is 0 Å². The molecule has 0 aliphatic rings. The minimum atomic E-state index is -0.476. The molecule has 0 spiro atoms. The van der Waals surface area contributed by atoms with Gasteiger partial charge in [-0.1, -0.05) is 0 Å². The second kappa shape index (κ2) is 3.53. The zero-order chi connectivity index (χ0) is 10.8. The number of fused-ring (bicyclic) bond motifs is 1. The zero-order valence-corrected chi connectivity index (χ0v) is 8.21. The predicted molar refractivity (Wildman–Crippen MR) is 56.7 cm³/mol. The fourth-order valence-electron chi connectivity index (χ4n) is 1.42. The van der Waals surface area contributed by atoms with Gasteiger partial charge in [-0.15, -0.1) is 0 Å². The van der Waals surface area contributed by atoms with Gasteiger partial charge in [-0.25, -0.2) is 4.98 Å². The highest BCUT2D eigenvalue weighted by molar-refractivity contribution is 5.93. The third-order valence-electron chi connectivity index (χ3n) is 2.05. The van der Waals surface area contributed by atoms with Crippen LogP contribution in [0.2, 0.25) is 0 Å². The molecule has 2 aromatic rings. The largest absolute Gasteiger partial charge is 0.366 e. The van der Waals surface area contributed by atoms with E-state index in [9.17, 15) is 4.79 Å². The lowest BCUT2D eigenvalue weighted by atomic mass is 10.3. The highest BCUT2D eigenvalue weighted by atomic mass is 16.1. The van der Waals surface area contributed by atoms with Crippen LogP contribution in [0.15, 0.2) is 24.7 Å². The van der Waals surface area contributed by atoms with Gasteiger partial charge in [0.05, 0.1) is 0 Å². The molecule has 0 aliphatic carbocycles. The SMILES string of the molecule is Cn1cc(/C=C/C(N)=O)c2nccnc21. The predicted octanol–water partition coefficient (Wildman–Crippen LogP) is 0.467. The quantitative estimate of drug-likeness (QED) is 0.719. The molecule has 5 heteroatoms. The van der Waals surface area contributed by atoms with Gasteiger partial charge in [-0.2, -0.15) is 0 Å². The molecule has 2 heterocycles. The molecule has 0 aromatic carbocycles. The third kappa shape index (κ3) is 1.71. The molecule has 0 saturated heterocycles. The number of amides is 1. The van der Waals surface area contributed by atoms with Crippen molar-refractivity contribution in [2.75, 3.05) is 0 Å². The Morgan fingerprint density at radius 3 is 2.93 bits per heavy atom. The van der Waals surface area contributed by atoms with Gasteiger partial charge in [-0.05, 0) is 6.08 Å². The number of aryl methyl sites for hydroxylation is 1. The smallest absolute Gasteiger partial charge is 0.241 e. The van der Waals surface area contributed by atoms with Crippen LogP contribution in [-0.4, -0.2) is 20.4 Å². The van der Waals surface area contributed by atoms with Gasteiger partial charge in [0.15, 0.2) is 5.65 Å². The summed E-state index contributed by atoms with van der Waals surface area (Å²) in [5, 5.41) is 0. The first-order valence-electron chi connectivity index (χ1n) is 4.42. The Morgan fingerprint density at radius 1 is 1.47 bits per heavy atom. The van der Waals surface area contributed by atoms with Gasteiger partial charge >= 0.3 is 0 Å². The number of hydrogen-bond donors (Lipinski definition) is 1. The molecular formula is C10H10N4O. The average molecular weight is 202 g/mol. The van der Waals surface area contributed by atoms with Crippen LogP contribution in [-0.2, 0) is 11.8 Å². The number of carbonyl (C=O) groups excluding carboxylic acids is 1. The molecule has 2 aromatic heterocycles. The standard InChI is InChI=1S/C10H10N4O/c1-14-6-7(2-3-8(11)15)9-10(14)13-5-4-12-9/h2-6H,1H3,(H2,11,15)/b3-2+. The van der Waals surface area contributed by atoms with Crippen molar-refractivity contribution >= 4 is 23.1 Å². The number of aromatic nitrogens is 3. The van der Waals surface area contributed by atoms with E-state index in [0.29, 0.717) is 0 Å². The zero-order valence-electron chi connectivity index (χ0n) is 8.21. The van der Waals surface area contributed by atoms with Gasteiger partial charge < -0.3 is 10.3 Å². The minimum absolute atomic E-state index is 0.476. The number of hydrogen-bond acceptors (Lipinski definition) is 3. The first-order chi connectivity index (χ1) is 7.18. The molecule has 5 nitrogen and oxygen atoms in total. The molecule has 76 valence electrons. The summed E-state index contributed by atoms with van der Waals surface area (Å²) in [6, 6.07) is 0. The van der Waals surface area contributed by atoms with Crippen molar-refractivity contribution in [3.05, 3.63) is 30.2 Å². The lowest BCUT2D eigenvalue weighted by molar-refractivity contribution is -0.113.